The van der Waals surface area contributed by atoms with Crippen molar-refractivity contribution in [1.82, 2.24) is 10.9 Å². The van der Waals surface area contributed by atoms with Gasteiger partial charge in [-0.1, -0.05) is 24.3 Å². The zero-order valence-corrected chi connectivity index (χ0v) is 8.37. The summed E-state index contributed by atoms with van der Waals surface area (Å²) in [5.41, 5.74) is 12.7. The standard InChI is InChI=1S/C10H15N3O/c1-7-5-3-4-6-8(7)9(11)10(14)13-12-2/h3-6,9,12H,11H2,1-2H3,(H,13,14). The van der Waals surface area contributed by atoms with Crippen molar-refractivity contribution in [2.45, 2.75) is 13.0 Å². The fourth-order valence-electron chi connectivity index (χ4n) is 1.28. The quantitative estimate of drug-likeness (QED) is 0.603. The number of aryl methyl sites for hydroxylation is 1. The van der Waals surface area contributed by atoms with Gasteiger partial charge < -0.3 is 5.73 Å². The molecule has 76 valence electrons. The van der Waals surface area contributed by atoms with Gasteiger partial charge in [-0.2, -0.15) is 0 Å². The summed E-state index contributed by atoms with van der Waals surface area (Å²) in [6, 6.07) is 6.96. The molecular weight excluding hydrogens is 178 g/mol. The largest absolute Gasteiger partial charge is 0.316 e. The Hall–Kier alpha value is -1.39. The molecule has 0 aromatic heterocycles. The van der Waals surface area contributed by atoms with Crippen LogP contribution in [0.15, 0.2) is 24.3 Å². The molecule has 0 spiro atoms. The van der Waals surface area contributed by atoms with Gasteiger partial charge in [0.2, 0.25) is 0 Å². The van der Waals surface area contributed by atoms with Gasteiger partial charge in [-0.15, -0.1) is 0 Å². The number of rotatable bonds is 3. The highest BCUT2D eigenvalue weighted by Crippen LogP contribution is 2.14. The molecule has 1 amide bonds. The third kappa shape index (κ3) is 2.31. The average molecular weight is 193 g/mol. The van der Waals surface area contributed by atoms with E-state index in [1.165, 1.54) is 0 Å². The van der Waals surface area contributed by atoms with Gasteiger partial charge in [-0.05, 0) is 18.1 Å². The van der Waals surface area contributed by atoms with Gasteiger partial charge in [0, 0.05) is 7.05 Å². The molecule has 14 heavy (non-hydrogen) atoms. The van der Waals surface area contributed by atoms with Crippen LogP contribution in [0, 0.1) is 6.92 Å². The van der Waals surface area contributed by atoms with Crippen LogP contribution in [-0.4, -0.2) is 13.0 Å². The first-order chi connectivity index (χ1) is 6.66. The van der Waals surface area contributed by atoms with Gasteiger partial charge in [0.25, 0.3) is 5.91 Å². The van der Waals surface area contributed by atoms with E-state index in [4.69, 9.17) is 5.73 Å². The van der Waals surface area contributed by atoms with E-state index in [9.17, 15) is 4.79 Å². The zero-order chi connectivity index (χ0) is 10.6. The fraction of sp³-hybridized carbons (Fsp3) is 0.300. The summed E-state index contributed by atoms with van der Waals surface area (Å²) in [5, 5.41) is 0. The Kier molecular flexibility index (Phi) is 3.62. The van der Waals surface area contributed by atoms with Crippen LogP contribution < -0.4 is 16.6 Å². The molecule has 4 N–H and O–H groups in total. The Balaban J connectivity index is 2.84. The minimum Gasteiger partial charge on any atom is -0.316 e. The molecule has 0 aliphatic rings. The first-order valence-electron chi connectivity index (χ1n) is 4.44. The van der Waals surface area contributed by atoms with Crippen LogP contribution in [0.2, 0.25) is 0 Å². The smallest absolute Gasteiger partial charge is 0.255 e. The number of nitrogens with one attached hydrogen (secondary N) is 2. The van der Waals surface area contributed by atoms with E-state index in [2.05, 4.69) is 10.9 Å². The predicted octanol–water partition coefficient (Wildman–Crippen LogP) is 0.245. The van der Waals surface area contributed by atoms with Crippen molar-refractivity contribution in [1.29, 1.82) is 0 Å². The van der Waals surface area contributed by atoms with Gasteiger partial charge in [0.15, 0.2) is 0 Å². The third-order valence-corrected chi connectivity index (χ3v) is 2.05. The number of benzene rings is 1. The minimum atomic E-state index is -0.622. The predicted molar refractivity (Wildman–Crippen MR) is 55.3 cm³/mol. The maximum absolute atomic E-state index is 11.4. The van der Waals surface area contributed by atoms with Gasteiger partial charge in [-0.25, -0.2) is 5.43 Å². The monoisotopic (exact) mass is 193 g/mol. The summed E-state index contributed by atoms with van der Waals surface area (Å²) < 4.78 is 0. The molecule has 4 heteroatoms. The number of hydrogen-bond acceptors (Lipinski definition) is 3. The maximum atomic E-state index is 11.4. The van der Waals surface area contributed by atoms with Crippen LogP contribution in [0.25, 0.3) is 0 Å². The Labute approximate surface area is 83.5 Å². The first kappa shape index (κ1) is 10.7. The normalized spacial score (nSPS) is 12.2. The number of hydrazine groups is 1. The van der Waals surface area contributed by atoms with E-state index in [1.807, 2.05) is 31.2 Å². The first-order valence-corrected chi connectivity index (χ1v) is 4.44. The SMILES string of the molecule is CNNC(=O)C(N)c1ccccc1C. The van der Waals surface area contributed by atoms with E-state index in [1.54, 1.807) is 7.05 Å². The van der Waals surface area contributed by atoms with Crippen LogP contribution in [0.3, 0.4) is 0 Å². The summed E-state index contributed by atoms with van der Waals surface area (Å²) in [6.45, 7) is 1.93. The lowest BCUT2D eigenvalue weighted by Crippen LogP contribution is -2.41. The lowest BCUT2D eigenvalue weighted by atomic mass is 10.0. The molecular formula is C10H15N3O. The summed E-state index contributed by atoms with van der Waals surface area (Å²) in [4.78, 5) is 11.4. The van der Waals surface area contributed by atoms with E-state index in [-0.39, 0.29) is 5.91 Å². The van der Waals surface area contributed by atoms with Gasteiger partial charge in [0.05, 0.1) is 0 Å². The number of carbonyl (C=O) groups is 1. The molecule has 0 radical (unpaired) electrons. The summed E-state index contributed by atoms with van der Waals surface area (Å²) in [5.74, 6) is -0.234. The van der Waals surface area contributed by atoms with Crippen LogP contribution in [-0.2, 0) is 4.79 Å². The van der Waals surface area contributed by atoms with E-state index < -0.39 is 6.04 Å². The highest BCUT2D eigenvalue weighted by molar-refractivity contribution is 5.82. The molecule has 1 aromatic carbocycles. The third-order valence-electron chi connectivity index (χ3n) is 2.05. The average Bonchev–Trinajstić information content (AvgIpc) is 2.18. The van der Waals surface area contributed by atoms with Gasteiger partial charge in [-0.3, -0.25) is 10.2 Å². The van der Waals surface area contributed by atoms with Crippen LogP contribution in [0.1, 0.15) is 17.2 Å². The van der Waals surface area contributed by atoms with Crippen molar-refractivity contribution in [3.8, 4) is 0 Å². The van der Waals surface area contributed by atoms with Crippen molar-refractivity contribution in [3.63, 3.8) is 0 Å². The van der Waals surface area contributed by atoms with Crippen molar-refractivity contribution >= 4 is 5.91 Å². The van der Waals surface area contributed by atoms with Crippen molar-refractivity contribution in [2.75, 3.05) is 7.05 Å². The second-order valence-corrected chi connectivity index (χ2v) is 3.07. The highest BCUT2D eigenvalue weighted by Gasteiger charge is 2.16. The highest BCUT2D eigenvalue weighted by atomic mass is 16.2. The number of hydrogen-bond donors (Lipinski definition) is 3. The second-order valence-electron chi connectivity index (χ2n) is 3.07. The Bertz CT molecular complexity index is 325. The Morgan fingerprint density at radius 2 is 2.07 bits per heavy atom. The van der Waals surface area contributed by atoms with Crippen molar-refractivity contribution in [3.05, 3.63) is 35.4 Å². The Morgan fingerprint density at radius 1 is 1.43 bits per heavy atom. The molecule has 1 rings (SSSR count). The van der Waals surface area contributed by atoms with Crippen molar-refractivity contribution < 1.29 is 4.79 Å². The number of carbonyl (C=O) groups excluding carboxylic acids is 1. The van der Waals surface area contributed by atoms with E-state index >= 15 is 0 Å². The van der Waals surface area contributed by atoms with Gasteiger partial charge in [0.1, 0.15) is 6.04 Å². The lowest BCUT2D eigenvalue weighted by molar-refractivity contribution is -0.123. The van der Waals surface area contributed by atoms with Gasteiger partial charge >= 0.3 is 0 Å². The van der Waals surface area contributed by atoms with E-state index in [0.717, 1.165) is 11.1 Å². The molecule has 1 atom stereocenters. The van der Waals surface area contributed by atoms with Crippen LogP contribution in [0.5, 0.6) is 0 Å². The molecule has 0 saturated heterocycles. The molecule has 0 aliphatic carbocycles. The van der Waals surface area contributed by atoms with Crippen LogP contribution in [0.4, 0.5) is 0 Å². The minimum absolute atomic E-state index is 0.234. The molecule has 1 aromatic rings. The fourth-order valence-corrected chi connectivity index (χ4v) is 1.28. The van der Waals surface area contributed by atoms with Crippen LogP contribution >= 0.6 is 0 Å². The lowest BCUT2D eigenvalue weighted by Gasteiger charge is -2.13. The molecule has 0 fully saturated rings. The maximum Gasteiger partial charge on any atom is 0.255 e. The molecule has 0 saturated carbocycles. The number of amides is 1. The molecule has 4 nitrogen and oxygen atoms in total. The molecule has 1 unspecified atom stereocenters. The summed E-state index contributed by atoms with van der Waals surface area (Å²) in [7, 11) is 1.63. The molecule has 0 bridgehead atoms. The molecule has 0 aliphatic heterocycles. The zero-order valence-electron chi connectivity index (χ0n) is 8.37. The summed E-state index contributed by atoms with van der Waals surface area (Å²) in [6.07, 6.45) is 0. The summed E-state index contributed by atoms with van der Waals surface area (Å²) >= 11 is 0. The van der Waals surface area contributed by atoms with Crippen molar-refractivity contribution in [2.24, 2.45) is 5.73 Å². The second kappa shape index (κ2) is 4.74. The number of nitrogens with two attached hydrogens (primary N) is 1. The topological polar surface area (TPSA) is 67.1 Å². The van der Waals surface area contributed by atoms with E-state index in [0.29, 0.717) is 0 Å². The Morgan fingerprint density at radius 3 is 2.64 bits per heavy atom. The molecule has 0 heterocycles.